The highest BCUT2D eigenvalue weighted by Crippen LogP contribution is 2.29. The molecule has 0 fully saturated rings. The average Bonchev–Trinajstić information content (AvgIpc) is 3.34. The van der Waals surface area contributed by atoms with Gasteiger partial charge in [0, 0.05) is 6.07 Å². The van der Waals surface area contributed by atoms with Gasteiger partial charge in [-0.2, -0.15) is 5.10 Å². The summed E-state index contributed by atoms with van der Waals surface area (Å²) in [6.07, 6.45) is 1.36. The third kappa shape index (κ3) is 6.37. The maximum absolute atomic E-state index is 12.1. The first-order valence-electron chi connectivity index (χ1n) is 9.51. The number of hydrazone groups is 1. The first-order chi connectivity index (χ1) is 15.9. The predicted molar refractivity (Wildman–Crippen MR) is 121 cm³/mol. The van der Waals surface area contributed by atoms with E-state index in [1.165, 1.54) is 36.8 Å². The third-order valence-corrected chi connectivity index (χ3v) is 5.04. The molecule has 0 saturated carbocycles. The van der Waals surface area contributed by atoms with Crippen molar-refractivity contribution in [3.8, 4) is 17.2 Å². The van der Waals surface area contributed by atoms with E-state index in [4.69, 9.17) is 14.2 Å². The van der Waals surface area contributed by atoms with E-state index in [0.29, 0.717) is 21.8 Å². The maximum Gasteiger partial charge on any atom is 0.353 e. The fourth-order valence-electron chi connectivity index (χ4n) is 2.64. The molecule has 0 unspecified atom stereocenters. The lowest BCUT2D eigenvalue weighted by molar-refractivity contribution is -0.385. The second kappa shape index (κ2) is 10.9. The van der Waals surface area contributed by atoms with Gasteiger partial charge in [0.05, 0.1) is 18.2 Å². The van der Waals surface area contributed by atoms with Crippen molar-refractivity contribution in [1.29, 1.82) is 0 Å². The molecular formula is C22H19N3O7S. The minimum absolute atomic E-state index is 0.0119. The van der Waals surface area contributed by atoms with Crippen LogP contribution in [0.1, 0.15) is 20.8 Å². The topological polar surface area (TPSA) is 129 Å². The van der Waals surface area contributed by atoms with Crippen molar-refractivity contribution in [1.82, 2.24) is 5.43 Å². The largest absolute Gasteiger partial charge is 0.493 e. The number of nitrogens with one attached hydrogen (secondary N) is 1. The molecule has 3 aromatic rings. The van der Waals surface area contributed by atoms with Gasteiger partial charge < -0.3 is 14.2 Å². The number of carbonyl (C=O) groups excluding carboxylic acids is 2. The van der Waals surface area contributed by atoms with Crippen LogP contribution in [-0.4, -0.2) is 36.7 Å². The molecule has 0 aliphatic heterocycles. The van der Waals surface area contributed by atoms with Gasteiger partial charge in [-0.25, -0.2) is 10.2 Å². The Kier molecular flexibility index (Phi) is 7.71. The lowest BCUT2D eigenvalue weighted by Crippen LogP contribution is -2.24. The van der Waals surface area contributed by atoms with Gasteiger partial charge in [-0.05, 0) is 53.8 Å². The molecule has 11 heteroatoms. The fraction of sp³-hybridized carbons (Fsp3) is 0.136. The lowest BCUT2D eigenvalue weighted by atomic mass is 10.2. The Bertz CT molecular complexity index is 1190. The van der Waals surface area contributed by atoms with Gasteiger partial charge in [-0.1, -0.05) is 12.1 Å². The highest BCUT2D eigenvalue weighted by Gasteiger charge is 2.16. The van der Waals surface area contributed by atoms with E-state index >= 15 is 0 Å². The zero-order valence-corrected chi connectivity index (χ0v) is 18.5. The molecule has 0 saturated heterocycles. The van der Waals surface area contributed by atoms with Crippen LogP contribution in [0.25, 0.3) is 0 Å². The summed E-state index contributed by atoms with van der Waals surface area (Å²) in [5.74, 6) is -0.557. The predicted octanol–water partition coefficient (Wildman–Crippen LogP) is 3.72. The van der Waals surface area contributed by atoms with Crippen LogP contribution in [0.15, 0.2) is 59.0 Å². The molecule has 0 aliphatic rings. The molecule has 1 heterocycles. The molecular weight excluding hydrogens is 450 g/mol. The zero-order chi connectivity index (χ0) is 23.8. The zero-order valence-electron chi connectivity index (χ0n) is 17.6. The van der Waals surface area contributed by atoms with E-state index in [-0.39, 0.29) is 17.2 Å². The summed E-state index contributed by atoms with van der Waals surface area (Å²) in [6, 6.07) is 12.6. The Labute approximate surface area is 192 Å². The minimum atomic E-state index is -0.602. The third-order valence-electron chi connectivity index (χ3n) is 4.19. The first kappa shape index (κ1) is 23.4. The highest BCUT2D eigenvalue weighted by molar-refractivity contribution is 7.12. The molecule has 170 valence electrons. The number of esters is 1. The fourth-order valence-corrected chi connectivity index (χ4v) is 3.24. The van der Waals surface area contributed by atoms with Crippen LogP contribution in [0.4, 0.5) is 5.69 Å². The van der Waals surface area contributed by atoms with Crippen LogP contribution < -0.4 is 19.6 Å². The van der Waals surface area contributed by atoms with E-state index in [1.807, 2.05) is 0 Å². The molecule has 1 N–H and O–H groups in total. The van der Waals surface area contributed by atoms with Gasteiger partial charge >= 0.3 is 11.7 Å². The number of nitro groups is 1. The molecule has 0 aliphatic carbocycles. The molecule has 0 bridgehead atoms. The Balaban J connectivity index is 1.57. The minimum Gasteiger partial charge on any atom is -0.493 e. The Morgan fingerprint density at radius 3 is 2.64 bits per heavy atom. The van der Waals surface area contributed by atoms with Gasteiger partial charge in [-0.3, -0.25) is 14.9 Å². The smallest absolute Gasteiger partial charge is 0.353 e. The van der Waals surface area contributed by atoms with Crippen molar-refractivity contribution in [2.45, 2.75) is 6.92 Å². The summed E-state index contributed by atoms with van der Waals surface area (Å²) in [7, 11) is 1.43. The van der Waals surface area contributed by atoms with Crippen molar-refractivity contribution < 1.29 is 28.7 Å². The summed E-state index contributed by atoms with van der Waals surface area (Å²) in [6.45, 7) is 1.26. The standard InChI is InChI=1S/C22H19N3O7S/c1-14-5-7-17(16(10-14)25(28)29)31-13-21(26)24-23-12-15-6-8-18(19(11-15)30-2)32-22(27)20-4-3-9-33-20/h3-12H,13H2,1-2H3,(H,24,26). The number of carbonyl (C=O) groups is 2. The molecule has 1 aromatic heterocycles. The number of amides is 1. The van der Waals surface area contributed by atoms with E-state index in [0.717, 1.165) is 0 Å². The molecule has 2 aromatic carbocycles. The van der Waals surface area contributed by atoms with Crippen LogP contribution in [0.3, 0.4) is 0 Å². The summed E-state index contributed by atoms with van der Waals surface area (Å²) in [4.78, 5) is 35.1. The second-order valence-electron chi connectivity index (χ2n) is 6.59. The SMILES string of the molecule is COc1cc(C=NNC(=O)COc2ccc(C)cc2[N+](=O)[O-])ccc1OC(=O)c1cccs1. The van der Waals surface area contributed by atoms with Crippen molar-refractivity contribution in [2.24, 2.45) is 5.10 Å². The number of aryl methyl sites for hydroxylation is 1. The number of thiophene rings is 1. The van der Waals surface area contributed by atoms with Gasteiger partial charge in [0.1, 0.15) is 4.88 Å². The number of ether oxygens (including phenoxy) is 3. The van der Waals surface area contributed by atoms with Gasteiger partial charge in [0.15, 0.2) is 23.9 Å². The summed E-state index contributed by atoms with van der Waals surface area (Å²) >= 11 is 1.27. The average molecular weight is 469 g/mol. The Hall–Kier alpha value is -4.25. The molecule has 1 amide bonds. The molecule has 0 spiro atoms. The van der Waals surface area contributed by atoms with Crippen LogP contribution in [0.2, 0.25) is 0 Å². The van der Waals surface area contributed by atoms with Gasteiger partial charge in [0.25, 0.3) is 5.91 Å². The molecule has 0 atom stereocenters. The maximum atomic E-state index is 12.1. The molecule has 0 radical (unpaired) electrons. The number of nitro benzene ring substituents is 1. The van der Waals surface area contributed by atoms with Crippen molar-refractivity contribution in [3.05, 3.63) is 80.0 Å². The van der Waals surface area contributed by atoms with Gasteiger partial charge in [0.2, 0.25) is 0 Å². The van der Waals surface area contributed by atoms with Crippen LogP contribution in [-0.2, 0) is 4.79 Å². The molecule has 33 heavy (non-hydrogen) atoms. The van der Waals surface area contributed by atoms with Crippen LogP contribution >= 0.6 is 11.3 Å². The van der Waals surface area contributed by atoms with E-state index in [9.17, 15) is 19.7 Å². The normalized spacial score (nSPS) is 10.6. The van der Waals surface area contributed by atoms with Crippen molar-refractivity contribution >= 4 is 35.1 Å². The number of rotatable bonds is 9. The molecule has 10 nitrogen and oxygen atoms in total. The summed E-state index contributed by atoms with van der Waals surface area (Å²) in [5, 5.41) is 16.7. The first-order valence-corrected chi connectivity index (χ1v) is 10.4. The van der Waals surface area contributed by atoms with Gasteiger partial charge in [-0.15, -0.1) is 11.3 Å². The number of benzene rings is 2. The highest BCUT2D eigenvalue weighted by atomic mass is 32.1. The number of hydrogen-bond acceptors (Lipinski definition) is 9. The van der Waals surface area contributed by atoms with E-state index in [1.54, 1.807) is 48.7 Å². The summed E-state index contributed by atoms with van der Waals surface area (Å²) < 4.78 is 15.9. The second-order valence-corrected chi connectivity index (χ2v) is 7.53. The monoisotopic (exact) mass is 469 g/mol. The quantitative estimate of drug-likeness (QED) is 0.166. The van der Waals surface area contributed by atoms with E-state index < -0.39 is 23.4 Å². The van der Waals surface area contributed by atoms with Crippen LogP contribution in [0, 0.1) is 17.0 Å². The number of methoxy groups -OCH3 is 1. The Morgan fingerprint density at radius 2 is 1.94 bits per heavy atom. The van der Waals surface area contributed by atoms with Crippen molar-refractivity contribution in [2.75, 3.05) is 13.7 Å². The van der Waals surface area contributed by atoms with E-state index in [2.05, 4.69) is 10.5 Å². The summed E-state index contributed by atoms with van der Waals surface area (Å²) in [5.41, 5.74) is 3.32. The lowest BCUT2D eigenvalue weighted by Gasteiger charge is -2.09. The van der Waals surface area contributed by atoms with Crippen LogP contribution in [0.5, 0.6) is 17.2 Å². The number of nitrogens with zero attached hydrogens (tertiary/aromatic N) is 2. The van der Waals surface area contributed by atoms with Crippen molar-refractivity contribution in [3.63, 3.8) is 0 Å². The number of hydrogen-bond donors (Lipinski definition) is 1. The molecule has 3 rings (SSSR count). The Morgan fingerprint density at radius 1 is 1.15 bits per heavy atom.